The van der Waals surface area contributed by atoms with E-state index < -0.39 is 18.3 Å². The van der Waals surface area contributed by atoms with Gasteiger partial charge in [-0.25, -0.2) is 0 Å². The normalized spacial score (nSPS) is 18.7. The van der Waals surface area contributed by atoms with Crippen LogP contribution >= 0.6 is 0 Å². The first-order valence-electron chi connectivity index (χ1n) is 10.2. The molecule has 4 rings (SSSR count). The molecule has 148 valence electrons. The lowest BCUT2D eigenvalue weighted by molar-refractivity contribution is 0.00578. The van der Waals surface area contributed by atoms with Crippen molar-refractivity contribution in [3.63, 3.8) is 0 Å². The third-order valence-corrected chi connectivity index (χ3v) is 6.32. The van der Waals surface area contributed by atoms with Gasteiger partial charge >= 0.3 is 7.12 Å². The van der Waals surface area contributed by atoms with Gasteiger partial charge in [0.1, 0.15) is 0 Å². The lowest BCUT2D eigenvalue weighted by atomic mass is 9.64. The summed E-state index contributed by atoms with van der Waals surface area (Å²) in [5, 5.41) is 2.29. The summed E-state index contributed by atoms with van der Waals surface area (Å²) < 4.78 is 12.8. The number of Topliss-reactive ketones (excluding diaryl/α,β-unsaturated/α-hetero) is 1. The van der Waals surface area contributed by atoms with Crippen LogP contribution in [0, 0.1) is 0 Å². The molecule has 3 nitrogen and oxygen atoms in total. The zero-order chi connectivity index (χ0) is 20.6. The fraction of sp³-hybridized carbons (Fsp3) is 0.320. The first-order valence-corrected chi connectivity index (χ1v) is 10.2. The van der Waals surface area contributed by atoms with Crippen molar-refractivity contribution in [2.24, 2.45) is 0 Å². The molecule has 1 aliphatic rings. The van der Waals surface area contributed by atoms with Gasteiger partial charge in [0, 0.05) is 17.8 Å². The molecule has 0 aliphatic carbocycles. The van der Waals surface area contributed by atoms with Gasteiger partial charge in [-0.05, 0) is 44.0 Å². The van der Waals surface area contributed by atoms with E-state index in [1.54, 1.807) is 0 Å². The maximum absolute atomic E-state index is 13.1. The molecule has 29 heavy (non-hydrogen) atoms. The average molecular weight is 386 g/mol. The highest BCUT2D eigenvalue weighted by atomic mass is 16.7. The van der Waals surface area contributed by atoms with Crippen LogP contribution in [0.2, 0.25) is 0 Å². The fourth-order valence-electron chi connectivity index (χ4n) is 3.92. The number of fused-ring (bicyclic) bond motifs is 1. The molecule has 1 unspecified atom stereocenters. The summed E-state index contributed by atoms with van der Waals surface area (Å²) in [5.41, 5.74) is 0.909. The summed E-state index contributed by atoms with van der Waals surface area (Å²) >= 11 is 0. The zero-order valence-corrected chi connectivity index (χ0v) is 17.5. The van der Waals surface area contributed by atoms with Gasteiger partial charge in [0.2, 0.25) is 0 Å². The maximum atomic E-state index is 13.1. The van der Waals surface area contributed by atoms with Crippen LogP contribution in [0.1, 0.15) is 55.9 Å². The third-order valence-electron chi connectivity index (χ3n) is 6.32. The maximum Gasteiger partial charge on any atom is 0.466 e. The Morgan fingerprint density at radius 1 is 0.828 bits per heavy atom. The Morgan fingerprint density at radius 3 is 2.10 bits per heavy atom. The van der Waals surface area contributed by atoms with Gasteiger partial charge in [-0.15, -0.1) is 0 Å². The Balaban J connectivity index is 1.76. The number of rotatable bonds is 5. The molecule has 0 aromatic heterocycles. The summed E-state index contributed by atoms with van der Waals surface area (Å²) in [6.07, 6.45) is 0.328. The van der Waals surface area contributed by atoms with Gasteiger partial charge in [0.05, 0.1) is 11.2 Å². The smallest absolute Gasteiger partial charge is 0.403 e. The van der Waals surface area contributed by atoms with Crippen LogP contribution < -0.4 is 0 Å². The van der Waals surface area contributed by atoms with E-state index in [1.165, 1.54) is 0 Å². The van der Waals surface area contributed by atoms with E-state index in [1.807, 2.05) is 76.2 Å². The van der Waals surface area contributed by atoms with Crippen molar-refractivity contribution in [2.75, 3.05) is 0 Å². The van der Waals surface area contributed by atoms with Crippen molar-refractivity contribution in [3.8, 4) is 0 Å². The van der Waals surface area contributed by atoms with Gasteiger partial charge in [-0.3, -0.25) is 4.79 Å². The highest BCUT2D eigenvalue weighted by molar-refractivity contribution is 6.48. The van der Waals surface area contributed by atoms with Gasteiger partial charge in [0.25, 0.3) is 0 Å². The second-order valence-corrected chi connectivity index (χ2v) is 8.79. The topological polar surface area (TPSA) is 35.5 Å². The lowest BCUT2D eigenvalue weighted by Gasteiger charge is -2.32. The number of benzene rings is 3. The number of carbonyl (C=O) groups excluding carboxylic acids is 1. The first-order chi connectivity index (χ1) is 13.8. The van der Waals surface area contributed by atoms with E-state index in [9.17, 15) is 4.79 Å². The number of hydrogen-bond acceptors (Lipinski definition) is 3. The molecule has 3 aromatic rings. The van der Waals surface area contributed by atoms with E-state index in [0.29, 0.717) is 12.0 Å². The number of hydrogen-bond donors (Lipinski definition) is 0. The first kappa shape index (κ1) is 19.9. The summed E-state index contributed by atoms with van der Waals surface area (Å²) in [5.74, 6) is -0.104. The molecule has 1 heterocycles. The molecule has 0 spiro atoms. The second kappa shape index (κ2) is 7.44. The van der Waals surface area contributed by atoms with Crippen LogP contribution in [-0.4, -0.2) is 24.1 Å². The standard InChI is InChI=1S/C25H27BO3/c1-24(2)25(3,4)29-26(28-24)22(17-23(27)19-12-6-5-7-13-19)21-16-10-14-18-11-8-9-15-20(18)21/h5-16,22H,17H2,1-4H3. The Morgan fingerprint density at radius 2 is 1.41 bits per heavy atom. The van der Waals surface area contributed by atoms with Crippen molar-refractivity contribution in [3.05, 3.63) is 83.9 Å². The molecule has 0 bridgehead atoms. The van der Waals surface area contributed by atoms with Crippen molar-refractivity contribution in [1.82, 2.24) is 0 Å². The molecular formula is C25H27BO3. The Labute approximate surface area is 173 Å². The summed E-state index contributed by atoms with van der Waals surface area (Å²) in [6, 6.07) is 24.0. The Bertz CT molecular complexity index is 1010. The lowest BCUT2D eigenvalue weighted by Crippen LogP contribution is -2.41. The summed E-state index contributed by atoms with van der Waals surface area (Å²) in [4.78, 5) is 13.1. The molecule has 0 amide bonds. The van der Waals surface area contributed by atoms with Gasteiger partial charge < -0.3 is 9.31 Å². The van der Waals surface area contributed by atoms with Crippen LogP contribution in [0.5, 0.6) is 0 Å². The molecular weight excluding hydrogens is 359 g/mol. The minimum Gasteiger partial charge on any atom is -0.403 e. The monoisotopic (exact) mass is 386 g/mol. The highest BCUT2D eigenvalue weighted by Crippen LogP contribution is 2.43. The van der Waals surface area contributed by atoms with Crippen LogP contribution in [0.25, 0.3) is 10.8 Å². The molecule has 1 atom stereocenters. The van der Waals surface area contributed by atoms with Crippen molar-refractivity contribution >= 4 is 23.7 Å². The predicted molar refractivity (Wildman–Crippen MR) is 118 cm³/mol. The number of ketones is 1. The molecule has 0 radical (unpaired) electrons. The van der Waals surface area contributed by atoms with Crippen molar-refractivity contribution in [1.29, 1.82) is 0 Å². The van der Waals surface area contributed by atoms with Crippen LogP contribution in [0.4, 0.5) is 0 Å². The second-order valence-electron chi connectivity index (χ2n) is 8.79. The van der Waals surface area contributed by atoms with E-state index in [2.05, 4.69) is 24.3 Å². The SMILES string of the molecule is CC1(C)OB(C(CC(=O)c2ccccc2)c2cccc3ccccc23)OC1(C)C. The largest absolute Gasteiger partial charge is 0.466 e. The van der Waals surface area contributed by atoms with Crippen LogP contribution in [0.15, 0.2) is 72.8 Å². The predicted octanol–water partition coefficient (Wildman–Crippen LogP) is 5.83. The van der Waals surface area contributed by atoms with Gasteiger partial charge in [-0.2, -0.15) is 0 Å². The van der Waals surface area contributed by atoms with E-state index in [-0.39, 0.29) is 11.6 Å². The molecule has 1 aliphatic heterocycles. The molecule has 1 saturated heterocycles. The van der Waals surface area contributed by atoms with E-state index in [0.717, 1.165) is 16.3 Å². The molecule has 4 heteroatoms. The molecule has 1 fully saturated rings. The summed E-state index contributed by atoms with van der Waals surface area (Å²) in [6.45, 7) is 8.19. The quantitative estimate of drug-likeness (QED) is 0.409. The molecule has 0 N–H and O–H groups in total. The van der Waals surface area contributed by atoms with Gasteiger partial charge in [0.15, 0.2) is 5.78 Å². The highest BCUT2D eigenvalue weighted by Gasteiger charge is 2.54. The minimum absolute atomic E-state index is 0.0956. The minimum atomic E-state index is -0.488. The van der Waals surface area contributed by atoms with Crippen LogP contribution in [-0.2, 0) is 9.31 Å². The third kappa shape index (κ3) is 3.75. The summed E-state index contributed by atoms with van der Waals surface area (Å²) in [7, 11) is -0.488. The van der Waals surface area contributed by atoms with E-state index >= 15 is 0 Å². The number of carbonyl (C=O) groups is 1. The van der Waals surface area contributed by atoms with Gasteiger partial charge in [-0.1, -0.05) is 72.8 Å². The Hall–Kier alpha value is -2.43. The van der Waals surface area contributed by atoms with E-state index in [4.69, 9.17) is 9.31 Å². The molecule has 3 aromatic carbocycles. The average Bonchev–Trinajstić information content (AvgIpc) is 2.93. The fourth-order valence-corrected chi connectivity index (χ4v) is 3.92. The van der Waals surface area contributed by atoms with Crippen LogP contribution in [0.3, 0.4) is 0 Å². The van der Waals surface area contributed by atoms with Crippen molar-refractivity contribution in [2.45, 2.75) is 51.1 Å². The Kier molecular flexibility index (Phi) is 5.10. The molecule has 0 saturated carbocycles. The zero-order valence-electron chi connectivity index (χ0n) is 17.5. The van der Waals surface area contributed by atoms with Crippen molar-refractivity contribution < 1.29 is 14.1 Å².